The lowest BCUT2D eigenvalue weighted by Gasteiger charge is -2.44. The van der Waals surface area contributed by atoms with Crippen molar-refractivity contribution in [3.63, 3.8) is 0 Å². The fraction of sp³-hybridized carbons (Fsp3) is 0.833. The fourth-order valence-corrected chi connectivity index (χ4v) is 2.86. The van der Waals surface area contributed by atoms with Crippen LogP contribution in [0, 0.1) is 0 Å². The SMILES string of the molecule is NC(CC(=O)O)C(=O)N1CCOC2CCCCC21. The average molecular weight is 256 g/mol. The summed E-state index contributed by atoms with van der Waals surface area (Å²) in [6.45, 7) is 1.04. The first-order valence-electron chi connectivity index (χ1n) is 6.49. The number of ether oxygens (including phenoxy) is 1. The van der Waals surface area contributed by atoms with Gasteiger partial charge in [0.1, 0.15) is 0 Å². The molecule has 0 spiro atoms. The van der Waals surface area contributed by atoms with Crippen LogP contribution >= 0.6 is 0 Å². The molecule has 1 heterocycles. The molecule has 1 aliphatic carbocycles. The van der Waals surface area contributed by atoms with E-state index in [9.17, 15) is 9.59 Å². The Morgan fingerprint density at radius 3 is 2.83 bits per heavy atom. The van der Waals surface area contributed by atoms with Gasteiger partial charge in [-0.05, 0) is 12.8 Å². The van der Waals surface area contributed by atoms with Gasteiger partial charge in [-0.1, -0.05) is 12.8 Å². The molecule has 18 heavy (non-hydrogen) atoms. The molecule has 2 fully saturated rings. The minimum absolute atomic E-state index is 0.0832. The number of aliphatic carboxylic acids is 1. The van der Waals surface area contributed by atoms with Crippen molar-refractivity contribution >= 4 is 11.9 Å². The van der Waals surface area contributed by atoms with E-state index in [0.717, 1.165) is 25.7 Å². The van der Waals surface area contributed by atoms with Crippen LogP contribution in [0.4, 0.5) is 0 Å². The van der Waals surface area contributed by atoms with Crippen LogP contribution in [0.1, 0.15) is 32.1 Å². The summed E-state index contributed by atoms with van der Waals surface area (Å²) in [5, 5.41) is 8.69. The van der Waals surface area contributed by atoms with Gasteiger partial charge in [0.05, 0.1) is 31.2 Å². The summed E-state index contributed by atoms with van der Waals surface area (Å²) < 4.78 is 5.67. The number of morpholine rings is 1. The van der Waals surface area contributed by atoms with E-state index >= 15 is 0 Å². The topological polar surface area (TPSA) is 92.9 Å². The summed E-state index contributed by atoms with van der Waals surface area (Å²) in [5.41, 5.74) is 5.66. The smallest absolute Gasteiger partial charge is 0.305 e. The van der Waals surface area contributed by atoms with Crippen molar-refractivity contribution < 1.29 is 19.4 Å². The third-order valence-electron chi connectivity index (χ3n) is 3.73. The highest BCUT2D eigenvalue weighted by atomic mass is 16.5. The quantitative estimate of drug-likeness (QED) is 0.739. The molecular weight excluding hydrogens is 236 g/mol. The van der Waals surface area contributed by atoms with Gasteiger partial charge in [-0.3, -0.25) is 9.59 Å². The van der Waals surface area contributed by atoms with Gasteiger partial charge in [-0.25, -0.2) is 0 Å². The zero-order valence-electron chi connectivity index (χ0n) is 10.4. The Hall–Kier alpha value is -1.14. The van der Waals surface area contributed by atoms with Crippen molar-refractivity contribution in [3.8, 4) is 0 Å². The number of nitrogens with two attached hydrogens (primary N) is 1. The molecule has 3 atom stereocenters. The molecule has 6 nitrogen and oxygen atoms in total. The van der Waals surface area contributed by atoms with Gasteiger partial charge in [0.25, 0.3) is 0 Å². The molecule has 0 aromatic carbocycles. The second kappa shape index (κ2) is 5.67. The van der Waals surface area contributed by atoms with Gasteiger partial charge < -0.3 is 20.5 Å². The normalized spacial score (nSPS) is 29.5. The molecule has 2 rings (SSSR count). The number of carbonyl (C=O) groups excluding carboxylic acids is 1. The molecule has 1 amide bonds. The number of nitrogens with zero attached hydrogens (tertiary/aromatic N) is 1. The molecule has 0 bridgehead atoms. The van der Waals surface area contributed by atoms with Gasteiger partial charge in [-0.15, -0.1) is 0 Å². The van der Waals surface area contributed by atoms with Crippen molar-refractivity contribution in [1.82, 2.24) is 4.90 Å². The molecule has 1 saturated carbocycles. The van der Waals surface area contributed by atoms with Crippen molar-refractivity contribution in [2.45, 2.75) is 50.3 Å². The summed E-state index contributed by atoms with van der Waals surface area (Å²) in [7, 11) is 0. The monoisotopic (exact) mass is 256 g/mol. The van der Waals surface area contributed by atoms with Crippen LogP contribution in [-0.2, 0) is 14.3 Å². The lowest BCUT2D eigenvalue weighted by molar-refractivity contribution is -0.153. The molecule has 1 aliphatic heterocycles. The summed E-state index contributed by atoms with van der Waals surface area (Å²) in [6, 6.07) is -0.858. The molecule has 0 radical (unpaired) electrons. The predicted octanol–water partition coefficient (Wildman–Crippen LogP) is -0.0416. The first kappa shape index (κ1) is 13.3. The lowest BCUT2D eigenvalue weighted by atomic mass is 9.89. The summed E-state index contributed by atoms with van der Waals surface area (Å²) in [4.78, 5) is 24.5. The minimum Gasteiger partial charge on any atom is -0.481 e. The Morgan fingerprint density at radius 1 is 1.39 bits per heavy atom. The Morgan fingerprint density at radius 2 is 2.11 bits per heavy atom. The van der Waals surface area contributed by atoms with E-state index in [2.05, 4.69) is 0 Å². The van der Waals surface area contributed by atoms with Crippen molar-refractivity contribution in [2.24, 2.45) is 5.73 Å². The molecule has 0 aromatic rings. The Balaban J connectivity index is 2.01. The van der Waals surface area contributed by atoms with Crippen LogP contribution in [0.15, 0.2) is 0 Å². The second-order valence-electron chi connectivity index (χ2n) is 5.00. The van der Waals surface area contributed by atoms with Crippen LogP contribution in [0.5, 0.6) is 0 Å². The summed E-state index contributed by atoms with van der Waals surface area (Å²) >= 11 is 0. The molecule has 1 saturated heterocycles. The zero-order valence-corrected chi connectivity index (χ0v) is 10.4. The number of carboxylic acids is 1. The standard InChI is InChI=1S/C12H20N2O4/c13-8(7-11(15)16)12(17)14-5-6-18-10-4-2-1-3-9(10)14/h8-10H,1-7,13H2,(H,15,16). The number of amides is 1. The Kier molecular flexibility index (Phi) is 4.19. The third-order valence-corrected chi connectivity index (χ3v) is 3.73. The van der Waals surface area contributed by atoms with Crippen LogP contribution < -0.4 is 5.73 Å². The molecule has 102 valence electrons. The molecule has 6 heteroatoms. The van der Waals surface area contributed by atoms with Crippen LogP contribution in [0.2, 0.25) is 0 Å². The number of hydrogen-bond donors (Lipinski definition) is 2. The number of carboxylic acid groups (broad SMARTS) is 1. The van der Waals surface area contributed by atoms with Gasteiger partial charge in [0.2, 0.25) is 5.91 Å². The van der Waals surface area contributed by atoms with E-state index in [4.69, 9.17) is 15.6 Å². The van der Waals surface area contributed by atoms with Crippen LogP contribution in [-0.4, -0.2) is 53.2 Å². The maximum atomic E-state index is 12.2. The predicted molar refractivity (Wildman–Crippen MR) is 63.9 cm³/mol. The van der Waals surface area contributed by atoms with E-state index in [1.807, 2.05) is 0 Å². The van der Waals surface area contributed by atoms with Crippen LogP contribution in [0.25, 0.3) is 0 Å². The molecule has 0 aromatic heterocycles. The van der Waals surface area contributed by atoms with Gasteiger partial charge >= 0.3 is 5.97 Å². The number of fused-ring (bicyclic) bond motifs is 1. The van der Waals surface area contributed by atoms with Crippen molar-refractivity contribution in [3.05, 3.63) is 0 Å². The summed E-state index contributed by atoms with van der Waals surface area (Å²) in [5.74, 6) is -1.29. The van der Waals surface area contributed by atoms with Crippen LogP contribution in [0.3, 0.4) is 0 Å². The largest absolute Gasteiger partial charge is 0.481 e. The van der Waals surface area contributed by atoms with Gasteiger partial charge in [-0.2, -0.15) is 0 Å². The van der Waals surface area contributed by atoms with Crippen molar-refractivity contribution in [1.29, 1.82) is 0 Å². The summed E-state index contributed by atoms with van der Waals surface area (Å²) in [6.07, 6.45) is 3.91. The van der Waals surface area contributed by atoms with E-state index < -0.39 is 12.0 Å². The minimum atomic E-state index is -1.04. The number of hydrogen-bond acceptors (Lipinski definition) is 4. The molecule has 3 N–H and O–H groups in total. The van der Waals surface area contributed by atoms with E-state index in [0.29, 0.717) is 13.2 Å². The first-order chi connectivity index (χ1) is 8.59. The van der Waals surface area contributed by atoms with Crippen molar-refractivity contribution in [2.75, 3.05) is 13.2 Å². The molecule has 3 unspecified atom stereocenters. The van der Waals surface area contributed by atoms with E-state index in [1.54, 1.807) is 4.90 Å². The number of rotatable bonds is 3. The maximum Gasteiger partial charge on any atom is 0.305 e. The Bertz CT molecular complexity index is 332. The highest BCUT2D eigenvalue weighted by Crippen LogP contribution is 2.28. The number of carbonyl (C=O) groups is 2. The van der Waals surface area contributed by atoms with E-state index in [-0.39, 0.29) is 24.5 Å². The first-order valence-corrected chi connectivity index (χ1v) is 6.49. The van der Waals surface area contributed by atoms with Gasteiger partial charge in [0.15, 0.2) is 0 Å². The average Bonchev–Trinajstić information content (AvgIpc) is 2.36. The maximum absolute atomic E-state index is 12.2. The molecular formula is C12H20N2O4. The fourth-order valence-electron chi connectivity index (χ4n) is 2.86. The Labute approximate surface area is 106 Å². The highest BCUT2D eigenvalue weighted by molar-refractivity contribution is 5.86. The lowest BCUT2D eigenvalue weighted by Crippen LogP contribution is -2.58. The third kappa shape index (κ3) is 2.81. The zero-order chi connectivity index (χ0) is 13.1. The van der Waals surface area contributed by atoms with E-state index in [1.165, 1.54) is 0 Å². The molecule has 2 aliphatic rings. The highest BCUT2D eigenvalue weighted by Gasteiger charge is 2.38. The second-order valence-corrected chi connectivity index (χ2v) is 5.00. The van der Waals surface area contributed by atoms with Gasteiger partial charge in [0, 0.05) is 6.54 Å².